The predicted molar refractivity (Wildman–Crippen MR) is 107 cm³/mol. The zero-order chi connectivity index (χ0) is 20.0. The van der Waals surface area contributed by atoms with Crippen LogP contribution in [0, 0.1) is 5.82 Å². The summed E-state index contributed by atoms with van der Waals surface area (Å²) in [6.07, 6.45) is 1.66. The molecule has 3 rings (SSSR count). The van der Waals surface area contributed by atoms with Gasteiger partial charge in [-0.2, -0.15) is 5.10 Å². The minimum Gasteiger partial charge on any atom is -0.261 e. The van der Waals surface area contributed by atoms with Crippen LogP contribution >= 0.6 is 0 Å². The highest BCUT2D eigenvalue weighted by Crippen LogP contribution is 2.13. The third-order valence-electron chi connectivity index (χ3n) is 3.97. The minimum absolute atomic E-state index is 0.0822. The Labute approximate surface area is 163 Å². The third kappa shape index (κ3) is 5.21. The number of hydrogen-bond donors (Lipinski definition) is 2. The molecule has 0 saturated heterocycles. The van der Waals surface area contributed by atoms with E-state index in [1.807, 2.05) is 19.1 Å². The van der Waals surface area contributed by atoms with Gasteiger partial charge >= 0.3 is 0 Å². The lowest BCUT2D eigenvalue weighted by atomic mass is 10.1. The minimum atomic E-state index is -3.68. The molecule has 2 N–H and O–H groups in total. The number of pyridine rings is 1. The molecule has 0 atom stereocenters. The second kappa shape index (κ2) is 8.73. The first-order valence-corrected chi connectivity index (χ1v) is 9.98. The van der Waals surface area contributed by atoms with Crippen molar-refractivity contribution in [1.29, 1.82) is 0 Å². The van der Waals surface area contributed by atoms with Gasteiger partial charge in [-0.25, -0.2) is 22.5 Å². The van der Waals surface area contributed by atoms with E-state index in [-0.39, 0.29) is 17.3 Å². The van der Waals surface area contributed by atoms with Crippen molar-refractivity contribution in [2.45, 2.75) is 18.4 Å². The molecule has 0 radical (unpaired) electrons. The van der Waals surface area contributed by atoms with Gasteiger partial charge in [0.15, 0.2) is 0 Å². The average Bonchev–Trinajstić information content (AvgIpc) is 2.72. The number of anilines is 1. The second-order valence-corrected chi connectivity index (χ2v) is 7.77. The molecule has 0 spiro atoms. The lowest BCUT2D eigenvalue weighted by Gasteiger charge is -2.08. The summed E-state index contributed by atoms with van der Waals surface area (Å²) in [5, 5.41) is 4.25. The number of benzene rings is 2. The molecule has 8 heteroatoms. The van der Waals surface area contributed by atoms with Crippen molar-refractivity contribution in [1.82, 2.24) is 9.71 Å². The second-order valence-electron chi connectivity index (χ2n) is 6.00. The Hall–Kier alpha value is -3.10. The fourth-order valence-corrected chi connectivity index (χ4v) is 3.39. The number of nitrogens with one attached hydrogen (secondary N) is 2. The van der Waals surface area contributed by atoms with Gasteiger partial charge < -0.3 is 0 Å². The fraction of sp³-hybridized carbons (Fsp3) is 0.100. The zero-order valence-electron chi connectivity index (χ0n) is 15.1. The summed E-state index contributed by atoms with van der Waals surface area (Å²) < 4.78 is 40.3. The molecule has 0 saturated carbocycles. The van der Waals surface area contributed by atoms with Crippen LogP contribution in [0.3, 0.4) is 0 Å². The maximum absolute atomic E-state index is 12.9. The molecule has 3 aromatic rings. The molecule has 0 aliphatic carbocycles. The number of halogens is 1. The molecule has 1 heterocycles. The van der Waals surface area contributed by atoms with Crippen molar-refractivity contribution in [2.24, 2.45) is 5.10 Å². The number of aromatic nitrogens is 1. The molecular formula is C20H19FN4O2S. The number of sulfonamides is 1. The standard InChI is InChI=1S/C20H19FN4O2S/c1-15(24-25-20-4-2-3-13-22-20)17-7-11-19(12-8-17)28(26,27)23-14-16-5-9-18(21)10-6-16/h2-13,23H,14H2,1H3,(H,22,25)/b24-15-. The normalized spacial score (nSPS) is 12.0. The van der Waals surface area contributed by atoms with Crippen molar-refractivity contribution < 1.29 is 12.8 Å². The summed E-state index contributed by atoms with van der Waals surface area (Å²) in [5.74, 6) is 0.253. The fourth-order valence-electron chi connectivity index (χ4n) is 2.37. The van der Waals surface area contributed by atoms with Gasteiger partial charge in [0, 0.05) is 12.7 Å². The number of hydrazone groups is 1. The molecule has 0 aliphatic heterocycles. The van der Waals surface area contributed by atoms with Gasteiger partial charge in [0.1, 0.15) is 11.6 Å². The molecular weight excluding hydrogens is 379 g/mol. The molecule has 28 heavy (non-hydrogen) atoms. The van der Waals surface area contributed by atoms with E-state index in [1.54, 1.807) is 24.4 Å². The van der Waals surface area contributed by atoms with Crippen molar-refractivity contribution in [2.75, 3.05) is 5.43 Å². The zero-order valence-corrected chi connectivity index (χ0v) is 15.9. The van der Waals surface area contributed by atoms with Crippen LogP contribution in [0.15, 0.2) is 82.9 Å². The van der Waals surface area contributed by atoms with E-state index >= 15 is 0 Å². The van der Waals surface area contributed by atoms with Crippen molar-refractivity contribution >= 4 is 21.6 Å². The highest BCUT2D eigenvalue weighted by Gasteiger charge is 2.14. The predicted octanol–water partition coefficient (Wildman–Crippen LogP) is 3.54. The highest BCUT2D eigenvalue weighted by atomic mass is 32.2. The Balaban J connectivity index is 1.66. The highest BCUT2D eigenvalue weighted by molar-refractivity contribution is 7.89. The summed E-state index contributed by atoms with van der Waals surface area (Å²) >= 11 is 0. The Morgan fingerprint density at radius 2 is 1.75 bits per heavy atom. The van der Waals surface area contributed by atoms with Crippen LogP contribution in [0.2, 0.25) is 0 Å². The van der Waals surface area contributed by atoms with Crippen LogP contribution in [-0.2, 0) is 16.6 Å². The largest absolute Gasteiger partial charge is 0.261 e. The van der Waals surface area contributed by atoms with E-state index in [9.17, 15) is 12.8 Å². The summed E-state index contributed by atoms with van der Waals surface area (Å²) in [6.45, 7) is 1.89. The lowest BCUT2D eigenvalue weighted by Crippen LogP contribution is -2.23. The summed E-state index contributed by atoms with van der Waals surface area (Å²) in [5.41, 5.74) is 4.99. The molecule has 0 fully saturated rings. The van der Waals surface area contributed by atoms with Crippen LogP contribution in [0.4, 0.5) is 10.2 Å². The van der Waals surface area contributed by atoms with Crippen LogP contribution in [0.1, 0.15) is 18.1 Å². The number of hydrogen-bond acceptors (Lipinski definition) is 5. The number of nitrogens with zero attached hydrogens (tertiary/aromatic N) is 2. The maximum Gasteiger partial charge on any atom is 0.240 e. The van der Waals surface area contributed by atoms with Gasteiger partial charge in [0.05, 0.1) is 10.6 Å². The monoisotopic (exact) mass is 398 g/mol. The maximum atomic E-state index is 12.9. The molecule has 0 aliphatic rings. The lowest BCUT2D eigenvalue weighted by molar-refractivity contribution is 0.581. The van der Waals surface area contributed by atoms with Gasteiger partial charge in [-0.3, -0.25) is 5.43 Å². The van der Waals surface area contributed by atoms with E-state index < -0.39 is 10.0 Å². The molecule has 0 unspecified atom stereocenters. The third-order valence-corrected chi connectivity index (χ3v) is 5.38. The van der Waals surface area contributed by atoms with Gasteiger partial charge in [-0.15, -0.1) is 0 Å². The summed E-state index contributed by atoms with van der Waals surface area (Å²) in [7, 11) is -3.68. The van der Waals surface area contributed by atoms with Crippen molar-refractivity contribution in [3.05, 3.63) is 89.9 Å². The molecule has 2 aromatic carbocycles. The van der Waals surface area contributed by atoms with E-state index in [4.69, 9.17) is 0 Å². The van der Waals surface area contributed by atoms with Crippen LogP contribution in [0.5, 0.6) is 0 Å². The summed E-state index contributed by atoms with van der Waals surface area (Å²) in [4.78, 5) is 4.26. The average molecular weight is 398 g/mol. The van der Waals surface area contributed by atoms with Gasteiger partial charge in [-0.1, -0.05) is 30.3 Å². The van der Waals surface area contributed by atoms with Crippen molar-refractivity contribution in [3.63, 3.8) is 0 Å². The van der Waals surface area contributed by atoms with Crippen LogP contribution in [-0.4, -0.2) is 19.1 Å². The van der Waals surface area contributed by atoms with Gasteiger partial charge in [0.2, 0.25) is 10.0 Å². The topological polar surface area (TPSA) is 83.5 Å². The first kappa shape index (κ1) is 19.7. The molecule has 0 bridgehead atoms. The van der Waals surface area contributed by atoms with Crippen LogP contribution < -0.4 is 10.1 Å². The Kier molecular flexibility index (Phi) is 6.13. The summed E-state index contributed by atoms with van der Waals surface area (Å²) in [6, 6.07) is 17.5. The smallest absolute Gasteiger partial charge is 0.240 e. The molecule has 0 amide bonds. The Morgan fingerprint density at radius 3 is 2.39 bits per heavy atom. The van der Waals surface area contributed by atoms with Gasteiger partial charge in [-0.05, 0) is 54.4 Å². The van der Waals surface area contributed by atoms with Crippen molar-refractivity contribution in [3.8, 4) is 0 Å². The molecule has 6 nitrogen and oxygen atoms in total. The first-order chi connectivity index (χ1) is 13.4. The molecule has 1 aromatic heterocycles. The van der Waals surface area contributed by atoms with Crippen LogP contribution in [0.25, 0.3) is 0 Å². The van der Waals surface area contributed by atoms with E-state index in [0.717, 1.165) is 5.56 Å². The first-order valence-electron chi connectivity index (χ1n) is 8.50. The Morgan fingerprint density at radius 1 is 1.04 bits per heavy atom. The SMILES string of the molecule is C/C(=N/Nc1ccccn1)c1ccc(S(=O)(=O)NCc2ccc(F)cc2)cc1. The quantitative estimate of drug-likeness (QED) is 0.471. The van der Waals surface area contributed by atoms with Gasteiger partial charge in [0.25, 0.3) is 0 Å². The van der Waals surface area contributed by atoms with E-state index in [2.05, 4.69) is 20.2 Å². The van der Waals surface area contributed by atoms with E-state index in [0.29, 0.717) is 17.1 Å². The molecule has 144 valence electrons. The Bertz CT molecular complexity index is 1050. The van der Waals surface area contributed by atoms with E-state index in [1.165, 1.54) is 36.4 Å². The number of rotatable bonds is 7.